The molecule has 0 unspecified atom stereocenters. The van der Waals surface area contributed by atoms with Crippen molar-refractivity contribution >= 4 is 5.91 Å². The summed E-state index contributed by atoms with van der Waals surface area (Å²) in [7, 11) is 1.75. The molecule has 0 bridgehead atoms. The molecule has 24 heavy (non-hydrogen) atoms. The summed E-state index contributed by atoms with van der Waals surface area (Å²) in [5.74, 6) is -0.0901. The normalized spacial score (nSPS) is 16.3. The number of aliphatic hydroxyl groups is 1. The van der Waals surface area contributed by atoms with E-state index in [1.54, 1.807) is 22.8 Å². The van der Waals surface area contributed by atoms with Gasteiger partial charge in [0.15, 0.2) is 0 Å². The standard InChI is InChI=1S/C19H25N3O2/c1-14-8-4-5-9-17(14)22-15(2)16(12-20-22)18(23)21(3)13-19(24)10-6-7-11-19/h4-5,8-9,12,24H,6-7,10-11,13H2,1-3H3. The highest BCUT2D eigenvalue weighted by molar-refractivity contribution is 5.95. The van der Waals surface area contributed by atoms with Crippen LogP contribution in [-0.4, -0.2) is 44.9 Å². The molecule has 1 aromatic heterocycles. The first-order valence-corrected chi connectivity index (χ1v) is 8.50. The zero-order valence-corrected chi connectivity index (χ0v) is 14.6. The fourth-order valence-electron chi connectivity index (χ4n) is 3.57. The van der Waals surface area contributed by atoms with Crippen molar-refractivity contribution in [1.29, 1.82) is 0 Å². The Morgan fingerprint density at radius 3 is 2.62 bits per heavy atom. The summed E-state index contributed by atoms with van der Waals surface area (Å²) < 4.78 is 1.81. The molecule has 0 atom stereocenters. The Hall–Kier alpha value is -2.14. The Morgan fingerprint density at radius 2 is 1.96 bits per heavy atom. The van der Waals surface area contributed by atoms with Crippen LogP contribution in [0.1, 0.15) is 47.3 Å². The average molecular weight is 327 g/mol. The van der Waals surface area contributed by atoms with Crippen LogP contribution >= 0.6 is 0 Å². The predicted octanol–water partition coefficient (Wildman–Crippen LogP) is 2.87. The second-order valence-electron chi connectivity index (χ2n) is 6.93. The predicted molar refractivity (Wildman–Crippen MR) is 93.4 cm³/mol. The minimum atomic E-state index is -0.732. The first kappa shape index (κ1) is 16.7. The Morgan fingerprint density at radius 1 is 1.29 bits per heavy atom. The van der Waals surface area contributed by atoms with E-state index in [0.29, 0.717) is 12.1 Å². The van der Waals surface area contributed by atoms with Crippen molar-refractivity contribution in [2.24, 2.45) is 0 Å². The summed E-state index contributed by atoms with van der Waals surface area (Å²) in [6, 6.07) is 7.97. The van der Waals surface area contributed by atoms with Gasteiger partial charge in [-0.25, -0.2) is 4.68 Å². The number of hydrogen-bond donors (Lipinski definition) is 1. The quantitative estimate of drug-likeness (QED) is 0.939. The minimum Gasteiger partial charge on any atom is -0.388 e. The van der Waals surface area contributed by atoms with Crippen LogP contribution in [-0.2, 0) is 0 Å². The van der Waals surface area contributed by atoms with Gasteiger partial charge in [0.2, 0.25) is 0 Å². The van der Waals surface area contributed by atoms with Crippen LogP contribution in [0.5, 0.6) is 0 Å². The van der Waals surface area contributed by atoms with Gasteiger partial charge in [-0.1, -0.05) is 31.0 Å². The second kappa shape index (κ2) is 6.40. The lowest BCUT2D eigenvalue weighted by molar-refractivity contribution is 0.0156. The zero-order chi connectivity index (χ0) is 17.3. The average Bonchev–Trinajstić information content (AvgIpc) is 3.13. The van der Waals surface area contributed by atoms with Crippen molar-refractivity contribution in [2.75, 3.05) is 13.6 Å². The van der Waals surface area contributed by atoms with E-state index in [9.17, 15) is 9.90 Å². The maximum Gasteiger partial charge on any atom is 0.257 e. The van der Waals surface area contributed by atoms with Crippen molar-refractivity contribution < 1.29 is 9.90 Å². The Kier molecular flexibility index (Phi) is 4.45. The van der Waals surface area contributed by atoms with E-state index in [-0.39, 0.29) is 5.91 Å². The van der Waals surface area contributed by atoms with Crippen LogP contribution in [0, 0.1) is 13.8 Å². The van der Waals surface area contributed by atoms with Gasteiger partial charge < -0.3 is 10.0 Å². The number of carbonyl (C=O) groups excluding carboxylic acids is 1. The molecule has 0 saturated heterocycles. The lowest BCUT2D eigenvalue weighted by atomic mass is 10.0. The summed E-state index contributed by atoms with van der Waals surface area (Å²) in [6.45, 7) is 4.31. The summed E-state index contributed by atoms with van der Waals surface area (Å²) in [4.78, 5) is 14.4. The van der Waals surface area contributed by atoms with Crippen LogP contribution < -0.4 is 0 Å². The molecule has 1 N–H and O–H groups in total. The molecule has 1 aliphatic rings. The third-order valence-electron chi connectivity index (χ3n) is 5.00. The molecule has 128 valence electrons. The van der Waals surface area contributed by atoms with E-state index in [2.05, 4.69) is 5.10 Å². The van der Waals surface area contributed by atoms with E-state index in [1.165, 1.54) is 0 Å². The summed E-state index contributed by atoms with van der Waals surface area (Å²) in [5.41, 5.74) is 2.76. The Balaban J connectivity index is 1.82. The van der Waals surface area contributed by atoms with Crippen molar-refractivity contribution in [1.82, 2.24) is 14.7 Å². The zero-order valence-electron chi connectivity index (χ0n) is 14.6. The molecular formula is C19H25N3O2. The van der Waals surface area contributed by atoms with E-state index in [1.807, 2.05) is 38.1 Å². The van der Waals surface area contributed by atoms with Crippen molar-refractivity contribution in [3.63, 3.8) is 0 Å². The lowest BCUT2D eigenvalue weighted by Gasteiger charge is -2.28. The number of rotatable bonds is 4. The monoisotopic (exact) mass is 327 g/mol. The highest BCUT2D eigenvalue weighted by Gasteiger charge is 2.34. The Labute approximate surface area is 142 Å². The molecule has 0 radical (unpaired) electrons. The second-order valence-corrected chi connectivity index (χ2v) is 6.93. The maximum atomic E-state index is 12.8. The maximum absolute atomic E-state index is 12.8. The van der Waals surface area contributed by atoms with Gasteiger partial charge in [-0.05, 0) is 38.3 Å². The van der Waals surface area contributed by atoms with E-state index in [4.69, 9.17) is 0 Å². The van der Waals surface area contributed by atoms with Gasteiger partial charge in [0.05, 0.1) is 28.7 Å². The number of para-hydroxylation sites is 1. The molecule has 1 heterocycles. The fraction of sp³-hybridized carbons (Fsp3) is 0.474. The van der Waals surface area contributed by atoms with Crippen molar-refractivity contribution in [3.05, 3.63) is 47.3 Å². The number of hydrogen-bond acceptors (Lipinski definition) is 3. The Bertz CT molecular complexity index is 745. The fourth-order valence-corrected chi connectivity index (χ4v) is 3.57. The van der Waals surface area contributed by atoms with Gasteiger partial charge in [-0.2, -0.15) is 5.10 Å². The number of nitrogens with zero attached hydrogens (tertiary/aromatic N) is 3. The van der Waals surface area contributed by atoms with E-state index >= 15 is 0 Å². The summed E-state index contributed by atoms with van der Waals surface area (Å²) >= 11 is 0. The van der Waals surface area contributed by atoms with Crippen molar-refractivity contribution in [3.8, 4) is 5.69 Å². The molecular weight excluding hydrogens is 302 g/mol. The third-order valence-corrected chi connectivity index (χ3v) is 5.00. The summed E-state index contributed by atoms with van der Waals surface area (Å²) in [6.07, 6.45) is 5.23. The largest absolute Gasteiger partial charge is 0.388 e. The molecule has 2 aromatic rings. The van der Waals surface area contributed by atoms with E-state index in [0.717, 1.165) is 42.6 Å². The molecule has 1 fully saturated rings. The number of aryl methyl sites for hydroxylation is 1. The molecule has 1 aromatic carbocycles. The van der Waals surface area contributed by atoms with Gasteiger partial charge in [0.1, 0.15) is 0 Å². The number of likely N-dealkylation sites (N-methyl/N-ethyl adjacent to an activating group) is 1. The number of amides is 1. The molecule has 0 aliphatic heterocycles. The number of carbonyl (C=O) groups is 1. The van der Waals surface area contributed by atoms with E-state index < -0.39 is 5.60 Å². The van der Waals surface area contributed by atoms with Gasteiger partial charge in [0.25, 0.3) is 5.91 Å². The molecule has 0 spiro atoms. The first-order chi connectivity index (χ1) is 11.4. The SMILES string of the molecule is Cc1ccccc1-n1ncc(C(=O)N(C)CC2(O)CCCC2)c1C. The van der Waals surface area contributed by atoms with Crippen LogP contribution in [0.3, 0.4) is 0 Å². The molecule has 1 aliphatic carbocycles. The highest BCUT2D eigenvalue weighted by Crippen LogP contribution is 2.30. The van der Waals surface area contributed by atoms with Crippen LogP contribution in [0.4, 0.5) is 0 Å². The van der Waals surface area contributed by atoms with Crippen LogP contribution in [0.25, 0.3) is 5.69 Å². The van der Waals surface area contributed by atoms with Gasteiger partial charge in [-0.3, -0.25) is 4.79 Å². The first-order valence-electron chi connectivity index (χ1n) is 8.50. The molecule has 1 saturated carbocycles. The van der Waals surface area contributed by atoms with Gasteiger partial charge in [-0.15, -0.1) is 0 Å². The number of benzene rings is 1. The van der Waals surface area contributed by atoms with Gasteiger partial charge in [0, 0.05) is 13.6 Å². The summed E-state index contributed by atoms with van der Waals surface area (Å²) in [5, 5.41) is 14.9. The van der Waals surface area contributed by atoms with Crippen LogP contribution in [0.2, 0.25) is 0 Å². The molecule has 5 nitrogen and oxygen atoms in total. The van der Waals surface area contributed by atoms with Crippen LogP contribution in [0.15, 0.2) is 30.5 Å². The molecule has 5 heteroatoms. The minimum absolute atomic E-state index is 0.0901. The molecule has 1 amide bonds. The third kappa shape index (κ3) is 3.08. The van der Waals surface area contributed by atoms with Crippen molar-refractivity contribution in [2.45, 2.75) is 45.1 Å². The number of aromatic nitrogens is 2. The topological polar surface area (TPSA) is 58.4 Å². The smallest absolute Gasteiger partial charge is 0.257 e. The molecule has 3 rings (SSSR count). The lowest BCUT2D eigenvalue weighted by Crippen LogP contribution is -2.42. The highest BCUT2D eigenvalue weighted by atomic mass is 16.3. The van der Waals surface area contributed by atoms with Gasteiger partial charge >= 0.3 is 0 Å².